The number of fused-ring (bicyclic) bond motifs is 1. The lowest BCUT2D eigenvalue weighted by atomic mass is 9.82. The predicted octanol–water partition coefficient (Wildman–Crippen LogP) is 8.10. The number of carbonyl (C=O) groups excluding carboxylic acids is 2. The van der Waals surface area contributed by atoms with Gasteiger partial charge >= 0.3 is 12.2 Å². The van der Waals surface area contributed by atoms with Gasteiger partial charge in [0.15, 0.2) is 17.4 Å². The number of ether oxygens (including phenoxy) is 3. The second-order valence-electron chi connectivity index (χ2n) is 16.6. The molecule has 320 valence electrons. The minimum atomic E-state index is -3.05. The molecule has 0 radical (unpaired) electrons. The highest BCUT2D eigenvalue weighted by Crippen LogP contribution is 2.37. The number of amides is 2. The Bertz CT molecular complexity index is 2300. The molecule has 1 aliphatic heterocycles. The lowest BCUT2D eigenvalue weighted by Gasteiger charge is -2.47. The Hall–Kier alpha value is -5.81. The molecule has 0 saturated carbocycles. The van der Waals surface area contributed by atoms with Crippen LogP contribution in [0.2, 0.25) is 0 Å². The predicted molar refractivity (Wildman–Crippen MR) is 216 cm³/mol. The summed E-state index contributed by atoms with van der Waals surface area (Å²) in [6.07, 6.45) is -3.81. The van der Waals surface area contributed by atoms with Crippen LogP contribution in [0.25, 0.3) is 16.8 Å². The molecule has 1 saturated heterocycles. The number of carbonyl (C=O) groups is 2. The molecule has 0 bridgehead atoms. The van der Waals surface area contributed by atoms with Gasteiger partial charge in [0.25, 0.3) is 6.43 Å². The lowest BCUT2D eigenvalue weighted by Crippen LogP contribution is -2.65. The second-order valence-corrected chi connectivity index (χ2v) is 16.6. The average Bonchev–Trinajstić information content (AvgIpc) is 3.59. The zero-order valence-corrected chi connectivity index (χ0v) is 34.5. The number of aliphatic hydroxyl groups excluding tert-OH is 1. The van der Waals surface area contributed by atoms with Crippen LogP contribution in [0.15, 0.2) is 73.2 Å². The number of methoxy groups -OCH3 is 1. The monoisotopic (exact) mass is 835 g/mol. The van der Waals surface area contributed by atoms with E-state index in [0.29, 0.717) is 34.8 Å². The first-order valence-corrected chi connectivity index (χ1v) is 19.4. The van der Waals surface area contributed by atoms with Crippen LogP contribution in [-0.4, -0.2) is 86.3 Å². The maximum absolute atomic E-state index is 15.5. The Morgan fingerprint density at radius 3 is 2.27 bits per heavy atom. The molecule has 60 heavy (non-hydrogen) atoms. The van der Waals surface area contributed by atoms with Crippen LogP contribution in [-0.2, 0) is 22.4 Å². The molecule has 6 rings (SSSR count). The number of imide groups is 1. The van der Waals surface area contributed by atoms with Crippen molar-refractivity contribution in [3.05, 3.63) is 102 Å². The van der Waals surface area contributed by atoms with Gasteiger partial charge in [-0.15, -0.1) is 0 Å². The van der Waals surface area contributed by atoms with E-state index in [1.807, 2.05) is 35.2 Å². The molecule has 5 aromatic rings. The quantitative estimate of drug-likeness (QED) is 0.125. The van der Waals surface area contributed by atoms with Crippen LogP contribution in [0.3, 0.4) is 0 Å². The summed E-state index contributed by atoms with van der Waals surface area (Å²) >= 11 is 0. The molecule has 4 heterocycles. The van der Waals surface area contributed by atoms with Gasteiger partial charge in [0.2, 0.25) is 0 Å². The van der Waals surface area contributed by atoms with Crippen LogP contribution in [0.5, 0.6) is 5.75 Å². The van der Waals surface area contributed by atoms with Crippen LogP contribution < -0.4 is 19.9 Å². The molecular weight excluding hydrogens is 787 g/mol. The van der Waals surface area contributed by atoms with Crippen molar-refractivity contribution in [2.45, 2.75) is 96.6 Å². The number of rotatable bonds is 11. The standard InChI is InChI=1S/C43H49F4N7O6/c1-41(2,3)59-39(56)53(40(57)60-42(4,5)6)38-33-15-14-28(54(33)51-25-49-38)18-27-19-32(29-20-31(45)35(58-7)21-30(29)44)48-23-34(27)52-17-11-16-43(24-52,36(55)37(46)47)50-22-26-12-9-8-10-13-26/h8-10,12-15,19-21,23,25,36-37,50,55H,11,16-18,22,24H2,1-7H3/t36-,43-/m1/s1. The van der Waals surface area contributed by atoms with E-state index in [1.165, 1.54) is 17.8 Å². The summed E-state index contributed by atoms with van der Waals surface area (Å²) in [5.41, 5.74) is -0.927. The highest BCUT2D eigenvalue weighted by Gasteiger charge is 2.46. The fourth-order valence-electron chi connectivity index (χ4n) is 7.18. The average molecular weight is 836 g/mol. The largest absolute Gasteiger partial charge is 0.494 e. The van der Waals surface area contributed by atoms with Gasteiger partial charge in [0, 0.05) is 43.4 Å². The van der Waals surface area contributed by atoms with E-state index in [9.17, 15) is 27.9 Å². The number of benzene rings is 2. The smallest absolute Gasteiger partial charge is 0.425 e. The number of aromatic nitrogens is 4. The molecule has 2 amide bonds. The van der Waals surface area contributed by atoms with Crippen molar-refractivity contribution in [2.24, 2.45) is 0 Å². The van der Waals surface area contributed by atoms with E-state index >= 15 is 4.39 Å². The van der Waals surface area contributed by atoms with Crippen LogP contribution in [0.1, 0.15) is 71.2 Å². The maximum Gasteiger partial charge on any atom is 0.425 e. The zero-order valence-electron chi connectivity index (χ0n) is 34.5. The molecule has 0 spiro atoms. The Morgan fingerprint density at radius 1 is 0.950 bits per heavy atom. The van der Waals surface area contributed by atoms with Crippen molar-refractivity contribution in [3.63, 3.8) is 0 Å². The van der Waals surface area contributed by atoms with Crippen molar-refractivity contribution < 1.29 is 46.5 Å². The van der Waals surface area contributed by atoms with Crippen molar-refractivity contribution in [1.82, 2.24) is 24.9 Å². The molecule has 1 aliphatic rings. The highest BCUT2D eigenvalue weighted by atomic mass is 19.3. The molecule has 2 atom stereocenters. The molecular formula is C43H49F4N7O6. The first kappa shape index (κ1) is 43.8. The molecule has 1 fully saturated rings. The summed E-state index contributed by atoms with van der Waals surface area (Å²) in [5, 5.41) is 18.8. The van der Waals surface area contributed by atoms with E-state index in [1.54, 1.807) is 59.7 Å². The Labute approximate surface area is 345 Å². The molecule has 13 nitrogen and oxygen atoms in total. The van der Waals surface area contributed by atoms with Gasteiger partial charge in [0.05, 0.1) is 30.2 Å². The summed E-state index contributed by atoms with van der Waals surface area (Å²) < 4.78 is 76.9. The SMILES string of the molecule is COc1cc(F)c(-c2cc(Cc3ccc4c(N(C(=O)OC(C)(C)C)C(=O)OC(C)(C)C)ncnn34)c(N3CCC[C@](NCc4ccccc4)([C@H](O)C(F)F)C3)cn2)cc1F. The molecule has 3 aromatic heterocycles. The van der Waals surface area contributed by atoms with E-state index < -0.39 is 53.1 Å². The number of pyridine rings is 1. The first-order valence-electron chi connectivity index (χ1n) is 19.4. The third-order valence-corrected chi connectivity index (χ3v) is 9.89. The van der Waals surface area contributed by atoms with Crippen molar-refractivity contribution in [1.29, 1.82) is 0 Å². The van der Waals surface area contributed by atoms with E-state index in [0.717, 1.165) is 24.0 Å². The van der Waals surface area contributed by atoms with E-state index in [2.05, 4.69) is 20.4 Å². The summed E-state index contributed by atoms with van der Waals surface area (Å²) in [6.45, 7) is 10.5. The van der Waals surface area contributed by atoms with Gasteiger partial charge in [-0.05, 0) is 89.8 Å². The lowest BCUT2D eigenvalue weighted by molar-refractivity contribution is -0.0657. The number of aliphatic hydroxyl groups is 1. The minimum absolute atomic E-state index is 0.0486. The van der Waals surface area contributed by atoms with Gasteiger partial charge in [-0.2, -0.15) is 10.00 Å². The van der Waals surface area contributed by atoms with Gasteiger partial charge in [-0.3, -0.25) is 4.98 Å². The third-order valence-electron chi connectivity index (χ3n) is 9.89. The molecule has 17 heteroatoms. The van der Waals surface area contributed by atoms with Crippen LogP contribution >= 0.6 is 0 Å². The highest BCUT2D eigenvalue weighted by molar-refractivity contribution is 6.11. The second kappa shape index (κ2) is 17.4. The normalized spacial score (nSPS) is 16.5. The summed E-state index contributed by atoms with van der Waals surface area (Å²) in [6, 6.07) is 16.0. The fraction of sp³-hybridized carbons (Fsp3) is 0.419. The zero-order chi connectivity index (χ0) is 43.6. The number of nitrogens with one attached hydrogen (secondary N) is 1. The van der Waals surface area contributed by atoms with Crippen molar-refractivity contribution in [3.8, 4) is 17.0 Å². The summed E-state index contributed by atoms with van der Waals surface area (Å²) in [5.74, 6) is -2.02. The number of hydrogen-bond donors (Lipinski definition) is 2. The minimum Gasteiger partial charge on any atom is -0.494 e. The molecule has 2 N–H and O–H groups in total. The number of hydrogen-bond acceptors (Lipinski definition) is 11. The fourth-order valence-corrected chi connectivity index (χ4v) is 7.18. The molecule has 0 aliphatic carbocycles. The van der Waals surface area contributed by atoms with Gasteiger partial charge in [-0.25, -0.2) is 36.7 Å². The third kappa shape index (κ3) is 9.79. The number of alkyl halides is 2. The Kier molecular flexibility index (Phi) is 12.7. The van der Waals surface area contributed by atoms with Crippen LogP contribution in [0.4, 0.5) is 38.7 Å². The van der Waals surface area contributed by atoms with Gasteiger partial charge < -0.3 is 29.5 Å². The number of anilines is 2. The van der Waals surface area contributed by atoms with Crippen molar-refractivity contribution in [2.75, 3.05) is 30.0 Å². The first-order chi connectivity index (χ1) is 28.3. The summed E-state index contributed by atoms with van der Waals surface area (Å²) in [7, 11) is 1.22. The van der Waals surface area contributed by atoms with E-state index in [4.69, 9.17) is 14.2 Å². The number of piperidine rings is 1. The number of halogens is 4. The Morgan fingerprint density at radius 2 is 1.63 bits per heavy atom. The van der Waals surface area contributed by atoms with Gasteiger partial charge in [-0.1, -0.05) is 30.3 Å². The van der Waals surface area contributed by atoms with E-state index in [-0.39, 0.29) is 54.3 Å². The van der Waals surface area contributed by atoms with Gasteiger partial charge in [0.1, 0.15) is 35.0 Å². The topological polar surface area (TPSA) is 144 Å². The molecule has 0 unspecified atom stereocenters. The Balaban J connectivity index is 1.45. The van der Waals surface area contributed by atoms with Crippen molar-refractivity contribution >= 4 is 29.2 Å². The summed E-state index contributed by atoms with van der Waals surface area (Å²) in [4.78, 5) is 38.5. The van der Waals surface area contributed by atoms with Crippen LogP contribution in [0, 0.1) is 11.6 Å². The number of nitrogens with zero attached hydrogens (tertiary/aromatic N) is 6. The maximum atomic E-state index is 15.5. The molecule has 2 aromatic carbocycles.